The lowest BCUT2D eigenvalue weighted by Crippen LogP contribution is -2.61. The molecule has 22 atom stereocenters. The summed E-state index contributed by atoms with van der Waals surface area (Å²) in [5.41, 5.74) is 0. The summed E-state index contributed by atoms with van der Waals surface area (Å²) in [6.45, 7) is 42.0. The number of carboxylic acids is 2. The first-order valence-corrected chi connectivity index (χ1v) is 49.1. The first-order chi connectivity index (χ1) is 65.5. The van der Waals surface area contributed by atoms with E-state index in [4.69, 9.17) is 5.11 Å². The molecule has 2 rings (SSSR count). The number of rotatable bonds is 60. The third kappa shape index (κ3) is 43.1. The lowest BCUT2D eigenvalue weighted by molar-refractivity contribution is -0.143. The summed E-state index contributed by atoms with van der Waals surface area (Å²) in [4.78, 5) is 316. The average molecular weight is 2000 g/mol. The molecule has 0 unspecified atom stereocenters. The molecule has 141 heavy (non-hydrogen) atoms. The Morgan fingerprint density at radius 1 is 0.305 bits per heavy atom. The second-order valence-corrected chi connectivity index (χ2v) is 40.5. The molecular formula is C95H162N20O26. The molecule has 2 aliphatic rings. The zero-order valence-corrected chi connectivity index (χ0v) is 86.8. The number of hydrogen-bond acceptors (Lipinski definition) is 24. The summed E-state index contributed by atoms with van der Waals surface area (Å²) in [6, 6.07) is -26.5. The fourth-order valence-corrected chi connectivity index (χ4v) is 15.8. The van der Waals surface area contributed by atoms with Crippen LogP contribution in [0.15, 0.2) is 0 Å². The summed E-state index contributed by atoms with van der Waals surface area (Å²) in [7, 11) is 0. The van der Waals surface area contributed by atoms with Gasteiger partial charge >= 0.3 is 11.9 Å². The van der Waals surface area contributed by atoms with E-state index in [1.54, 1.807) is 111 Å². The number of hydrogen-bond donors (Lipinski definition) is 21. The molecule has 2 heterocycles. The van der Waals surface area contributed by atoms with Crippen LogP contribution in [0.5, 0.6) is 0 Å². The molecule has 0 aliphatic carbocycles. The maximum absolute atomic E-state index is 14.7. The van der Waals surface area contributed by atoms with Crippen molar-refractivity contribution >= 4 is 136 Å². The Hall–Kier alpha value is -12.0. The molecule has 0 radical (unpaired) electrons. The maximum atomic E-state index is 14.7. The number of nitrogens with zero attached hydrogens (tertiary/aromatic N) is 2. The molecule has 0 aromatic carbocycles. The Bertz CT molecular complexity index is 4330. The van der Waals surface area contributed by atoms with Crippen LogP contribution in [0, 0.1) is 53.3 Å². The summed E-state index contributed by atoms with van der Waals surface area (Å²) in [5, 5.41) is 75.7. The zero-order chi connectivity index (χ0) is 108. The predicted octanol–water partition coefficient (Wildman–Crippen LogP) is -1.61. The van der Waals surface area contributed by atoms with E-state index < -0.39 is 294 Å². The highest BCUT2D eigenvalue weighted by Crippen LogP contribution is 2.25. The highest BCUT2D eigenvalue weighted by Gasteiger charge is 2.45. The molecule has 2 fully saturated rings. The number of aliphatic hydroxyl groups is 1. The van der Waals surface area contributed by atoms with Crippen LogP contribution in [0.2, 0.25) is 0 Å². The fraction of sp³-hybridized carbons (Fsp3) is 0.758. The minimum Gasteiger partial charge on any atom is -0.481 e. The van der Waals surface area contributed by atoms with E-state index >= 15 is 0 Å². The van der Waals surface area contributed by atoms with E-state index in [9.17, 15) is 120 Å². The van der Waals surface area contributed by atoms with E-state index in [1.807, 2.05) is 13.8 Å². The standard InChI is InChI=1S/C95H162N20O26/c1-27-52(18)75(92(138)103-62(32-33-71(119)120)82(128)113-76(59(25)117)93(139)102-61(43-116)42-72(121)122)112-89(135)70-31-28-34-114(70)94(140)58(24)101-84(130)64(37-45(4)5)107-85(131)65(38-46(6)7)104-78(124)54(20)98-83(129)63(36-44(2)3)106-86(132)67(40-48(10)11)108-91(137)74(51(16)17)111-81(127)57(23)99-88(134)69-30-29-35-115(69)95(141)68(41-49(12)13)109-87(133)66(39-47(8)9)105-79(125)55(21)100-90(136)73(50(14)15)110-80(126)56(22)97-77(123)53(19)96-60(26)118/h43-59,61-70,73-76,117H,27-42H2,1-26H3,(H,96,118)(H,97,123)(H,98,129)(H,99,134)(H,100,136)(H,101,130)(H,102,139)(H,103,138)(H,104,124)(H,105,125)(H,106,132)(H,107,131)(H,108,137)(H,109,133)(H,110,126)(H,111,127)(H,112,135)(H,113,128)(H,119,120)(H,121,122)/t52-,53-,54-,55-,56-,57-,58-,59+,61-,62-,63-,64-,65-,66-,67-,68-,69-,70-,73-,74-,75-,76-/m0/s1. The van der Waals surface area contributed by atoms with Crippen molar-refractivity contribution in [3.63, 3.8) is 0 Å². The molecular weight excluding hydrogens is 1840 g/mol. The van der Waals surface area contributed by atoms with Gasteiger partial charge in [-0.25, -0.2) is 0 Å². The molecule has 46 nitrogen and oxygen atoms in total. The van der Waals surface area contributed by atoms with Crippen LogP contribution in [0.25, 0.3) is 0 Å². The minimum atomic E-state index is -1.84. The van der Waals surface area contributed by atoms with E-state index in [1.165, 1.54) is 58.3 Å². The van der Waals surface area contributed by atoms with Gasteiger partial charge in [0.05, 0.1) is 18.6 Å². The fourth-order valence-electron chi connectivity index (χ4n) is 15.8. The van der Waals surface area contributed by atoms with Gasteiger partial charge in [0, 0.05) is 26.4 Å². The van der Waals surface area contributed by atoms with Gasteiger partial charge in [0.15, 0.2) is 0 Å². The summed E-state index contributed by atoms with van der Waals surface area (Å²) in [6.07, 6.45) is -2.22. The predicted molar refractivity (Wildman–Crippen MR) is 517 cm³/mol. The summed E-state index contributed by atoms with van der Waals surface area (Å²) in [5.74, 6) is -22.0. The van der Waals surface area contributed by atoms with E-state index in [0.717, 1.165) is 6.92 Å². The van der Waals surface area contributed by atoms with Gasteiger partial charge in [0.1, 0.15) is 121 Å². The smallest absolute Gasteiger partial charge is 0.305 e. The minimum absolute atomic E-state index is 0.0170. The summed E-state index contributed by atoms with van der Waals surface area (Å²) < 4.78 is 0. The molecule has 2 saturated heterocycles. The van der Waals surface area contributed by atoms with Gasteiger partial charge in [0.2, 0.25) is 118 Å². The number of aldehydes is 1. The van der Waals surface area contributed by atoms with Crippen molar-refractivity contribution < 1.29 is 126 Å². The quantitative estimate of drug-likeness (QED) is 0.0305. The van der Waals surface area contributed by atoms with Gasteiger partial charge in [0.25, 0.3) is 0 Å². The lowest BCUT2D eigenvalue weighted by atomic mass is 9.96. The van der Waals surface area contributed by atoms with E-state index in [2.05, 4.69) is 95.7 Å². The van der Waals surface area contributed by atoms with Crippen LogP contribution in [0.1, 0.15) is 270 Å². The Kier molecular flexibility index (Phi) is 53.5. The van der Waals surface area contributed by atoms with Gasteiger partial charge < -0.3 is 126 Å². The van der Waals surface area contributed by atoms with Gasteiger partial charge in [-0.1, -0.05) is 131 Å². The zero-order valence-electron chi connectivity index (χ0n) is 86.8. The van der Waals surface area contributed by atoms with E-state index in [-0.39, 0.29) is 113 Å². The normalized spacial score (nSPS) is 17.9. The number of carbonyl (C=O) groups excluding carboxylic acids is 21. The highest BCUT2D eigenvalue weighted by atomic mass is 16.4. The van der Waals surface area contributed by atoms with Crippen LogP contribution >= 0.6 is 0 Å². The second kappa shape index (κ2) is 60.3. The Morgan fingerprint density at radius 2 is 0.589 bits per heavy atom. The van der Waals surface area contributed by atoms with Crippen molar-refractivity contribution in [1.82, 2.24) is 106 Å². The molecule has 21 N–H and O–H groups in total. The van der Waals surface area contributed by atoms with Crippen molar-refractivity contribution in [3.8, 4) is 0 Å². The first-order valence-electron chi connectivity index (χ1n) is 49.1. The topological polar surface area (TPSA) is 676 Å². The van der Waals surface area contributed by atoms with Crippen LogP contribution in [-0.4, -0.2) is 302 Å². The largest absolute Gasteiger partial charge is 0.481 e. The molecule has 2 aliphatic heterocycles. The van der Waals surface area contributed by atoms with Gasteiger partial charge in [-0.05, 0) is 172 Å². The first kappa shape index (κ1) is 125. The van der Waals surface area contributed by atoms with Crippen molar-refractivity contribution in [2.75, 3.05) is 13.1 Å². The van der Waals surface area contributed by atoms with Gasteiger partial charge in [-0.3, -0.25) is 105 Å². The molecule has 20 amide bonds. The van der Waals surface area contributed by atoms with Crippen molar-refractivity contribution in [1.29, 1.82) is 0 Å². The monoisotopic (exact) mass is 2000 g/mol. The van der Waals surface area contributed by atoms with Crippen LogP contribution in [0.4, 0.5) is 0 Å². The molecule has 0 aromatic heterocycles. The third-order valence-electron chi connectivity index (χ3n) is 23.8. The molecule has 798 valence electrons. The molecule has 0 spiro atoms. The molecule has 0 aromatic rings. The lowest BCUT2D eigenvalue weighted by Gasteiger charge is -2.32. The van der Waals surface area contributed by atoms with Crippen molar-refractivity contribution in [2.24, 2.45) is 53.3 Å². The number of nitrogens with one attached hydrogen (secondary N) is 18. The molecule has 0 saturated carbocycles. The van der Waals surface area contributed by atoms with Crippen LogP contribution < -0.4 is 95.7 Å². The maximum Gasteiger partial charge on any atom is 0.305 e. The van der Waals surface area contributed by atoms with Crippen molar-refractivity contribution in [3.05, 3.63) is 0 Å². The molecule has 0 bridgehead atoms. The van der Waals surface area contributed by atoms with Gasteiger partial charge in [-0.2, -0.15) is 0 Å². The average Bonchev–Trinajstić information content (AvgIpc) is 1.72. The highest BCUT2D eigenvalue weighted by molar-refractivity contribution is 6.03. The van der Waals surface area contributed by atoms with Crippen LogP contribution in [0.3, 0.4) is 0 Å². The van der Waals surface area contributed by atoms with E-state index in [0.29, 0.717) is 12.8 Å². The number of amides is 20. The summed E-state index contributed by atoms with van der Waals surface area (Å²) >= 11 is 0. The Labute approximate surface area is 827 Å². The third-order valence-corrected chi connectivity index (χ3v) is 23.8. The Morgan fingerprint density at radius 3 is 0.957 bits per heavy atom. The molecule has 46 heteroatoms. The van der Waals surface area contributed by atoms with Gasteiger partial charge in [-0.15, -0.1) is 0 Å². The van der Waals surface area contributed by atoms with Crippen molar-refractivity contribution in [2.45, 2.75) is 397 Å². The van der Waals surface area contributed by atoms with Crippen LogP contribution in [-0.2, 0) is 110 Å². The number of carboxylic acid groups (broad SMARTS) is 2. The SMILES string of the molecule is CC[C@H](C)[C@H](NC(=O)[C@@H]1CCCN1C(=O)[C@H](C)NC(=O)[C@H](CC(C)C)NC(=O)[C@H](CC(C)C)NC(=O)[C@H](C)NC(=O)[C@H](CC(C)C)NC(=O)[C@H](CC(C)C)NC(=O)[C@@H](NC(=O)[C@H](C)NC(=O)[C@@H]1CCCN1C(=O)[C@H](CC(C)C)NC(=O)[C@H](CC(C)C)NC(=O)[C@H](C)NC(=O)[C@@H](NC(=O)[C@H](C)NC(=O)[C@H](C)NC(C)=O)C(C)C)C(C)C)C(=O)N[C@@H](CCC(=O)O)C(=O)N[C@H](C(=O)N[C@H](C=O)CC(=O)O)[C@@H](C)O. The number of likely N-dealkylation sites (tertiary alicyclic amines) is 2. The number of aliphatic carboxylic acids is 2. The second-order valence-electron chi connectivity index (χ2n) is 40.5. The number of carbonyl (C=O) groups is 23. The Balaban J connectivity index is 2.30. The number of aliphatic hydroxyl groups excluding tert-OH is 1.